The van der Waals surface area contributed by atoms with E-state index in [9.17, 15) is 0 Å². The lowest BCUT2D eigenvalue weighted by Crippen LogP contribution is -2.51. The Kier molecular flexibility index (Phi) is 4.44. The molecule has 19 heavy (non-hydrogen) atoms. The van der Waals surface area contributed by atoms with Crippen molar-refractivity contribution in [1.82, 2.24) is 5.32 Å². The van der Waals surface area contributed by atoms with Crippen LogP contribution in [0.3, 0.4) is 0 Å². The minimum atomic E-state index is 0.290. The molecule has 3 nitrogen and oxygen atoms in total. The first kappa shape index (κ1) is 13.9. The summed E-state index contributed by atoms with van der Waals surface area (Å²) in [4.78, 5) is 2.45. The van der Waals surface area contributed by atoms with Crippen molar-refractivity contribution in [1.29, 1.82) is 5.26 Å². The standard InChI is InChI=1S/C16H23N3/c1-12(2)15-6-4-5-13(3)16(15)19-10-9-18-14(11-19)7-8-17/h4-6,12,14,18H,7,9-11H2,1-3H3. The Morgan fingerprint density at radius 2 is 2.26 bits per heavy atom. The predicted octanol–water partition coefficient (Wildman–Crippen LogP) is 2.81. The van der Waals surface area contributed by atoms with Crippen molar-refractivity contribution in [2.24, 2.45) is 0 Å². The van der Waals surface area contributed by atoms with E-state index in [4.69, 9.17) is 5.26 Å². The fraction of sp³-hybridized carbons (Fsp3) is 0.562. The number of nitrogens with zero attached hydrogens (tertiary/aromatic N) is 2. The Hall–Kier alpha value is -1.53. The van der Waals surface area contributed by atoms with Gasteiger partial charge >= 0.3 is 0 Å². The van der Waals surface area contributed by atoms with Crippen LogP contribution in [0.15, 0.2) is 18.2 Å². The summed E-state index contributed by atoms with van der Waals surface area (Å²) in [6.45, 7) is 9.58. The Bertz CT molecular complexity index is 473. The van der Waals surface area contributed by atoms with Crippen molar-refractivity contribution in [3.8, 4) is 6.07 Å². The maximum atomic E-state index is 8.86. The fourth-order valence-corrected chi connectivity index (χ4v) is 2.86. The molecule has 1 aliphatic heterocycles. The lowest BCUT2D eigenvalue weighted by atomic mass is 9.96. The zero-order chi connectivity index (χ0) is 13.8. The summed E-state index contributed by atoms with van der Waals surface area (Å²) in [7, 11) is 0. The highest BCUT2D eigenvalue weighted by Gasteiger charge is 2.22. The quantitative estimate of drug-likeness (QED) is 0.905. The van der Waals surface area contributed by atoms with Crippen LogP contribution < -0.4 is 10.2 Å². The average Bonchev–Trinajstić information content (AvgIpc) is 2.39. The van der Waals surface area contributed by atoms with Gasteiger partial charge in [-0.2, -0.15) is 5.26 Å². The molecule has 0 aliphatic carbocycles. The van der Waals surface area contributed by atoms with Crippen molar-refractivity contribution in [3.05, 3.63) is 29.3 Å². The average molecular weight is 257 g/mol. The van der Waals surface area contributed by atoms with Gasteiger partial charge in [-0.3, -0.25) is 0 Å². The van der Waals surface area contributed by atoms with Crippen LogP contribution in [0.4, 0.5) is 5.69 Å². The largest absolute Gasteiger partial charge is 0.368 e. The van der Waals surface area contributed by atoms with Crippen LogP contribution in [0.2, 0.25) is 0 Å². The highest BCUT2D eigenvalue weighted by Crippen LogP contribution is 2.31. The summed E-state index contributed by atoms with van der Waals surface area (Å²) in [6, 6.07) is 9.12. The number of aryl methyl sites for hydroxylation is 1. The molecular weight excluding hydrogens is 234 g/mol. The molecule has 0 aromatic heterocycles. The lowest BCUT2D eigenvalue weighted by molar-refractivity contribution is 0.461. The molecular formula is C16H23N3. The van der Waals surface area contributed by atoms with E-state index in [0.717, 1.165) is 19.6 Å². The number of benzene rings is 1. The summed E-state index contributed by atoms with van der Waals surface area (Å²) in [6.07, 6.45) is 0.583. The SMILES string of the molecule is Cc1cccc(C(C)C)c1N1CCNC(CC#N)C1. The first-order chi connectivity index (χ1) is 9.13. The molecule has 1 aromatic carbocycles. The van der Waals surface area contributed by atoms with Crippen LogP contribution in [0, 0.1) is 18.3 Å². The summed E-state index contributed by atoms with van der Waals surface area (Å²) in [5.74, 6) is 0.527. The molecule has 1 N–H and O–H groups in total. The second kappa shape index (κ2) is 6.08. The van der Waals surface area contributed by atoms with Crippen LogP contribution in [0.1, 0.15) is 37.3 Å². The summed E-state index contributed by atoms with van der Waals surface area (Å²) >= 11 is 0. The molecule has 1 aliphatic rings. The highest BCUT2D eigenvalue weighted by molar-refractivity contribution is 5.61. The second-order valence-electron chi connectivity index (χ2n) is 5.63. The second-order valence-corrected chi connectivity index (χ2v) is 5.63. The van der Waals surface area contributed by atoms with Crippen LogP contribution in [0.5, 0.6) is 0 Å². The van der Waals surface area contributed by atoms with Crippen molar-refractivity contribution in [2.75, 3.05) is 24.5 Å². The minimum absolute atomic E-state index is 0.290. The zero-order valence-electron chi connectivity index (χ0n) is 12.1. The molecule has 0 spiro atoms. The highest BCUT2D eigenvalue weighted by atomic mass is 15.2. The Morgan fingerprint density at radius 1 is 1.47 bits per heavy atom. The van der Waals surface area contributed by atoms with E-state index < -0.39 is 0 Å². The van der Waals surface area contributed by atoms with Gasteiger partial charge in [-0.15, -0.1) is 0 Å². The fourth-order valence-electron chi connectivity index (χ4n) is 2.86. The summed E-state index contributed by atoms with van der Waals surface area (Å²) in [5.41, 5.74) is 4.13. The number of anilines is 1. The number of hydrogen-bond donors (Lipinski definition) is 1. The van der Waals surface area contributed by atoms with E-state index in [1.54, 1.807) is 0 Å². The summed E-state index contributed by atoms with van der Waals surface area (Å²) < 4.78 is 0. The van der Waals surface area contributed by atoms with Gasteiger partial charge in [0, 0.05) is 31.4 Å². The van der Waals surface area contributed by atoms with E-state index in [-0.39, 0.29) is 0 Å². The molecule has 1 atom stereocenters. The number of nitriles is 1. The Balaban J connectivity index is 2.28. The van der Waals surface area contributed by atoms with Gasteiger partial charge in [-0.25, -0.2) is 0 Å². The minimum Gasteiger partial charge on any atom is -0.368 e. The van der Waals surface area contributed by atoms with Crippen molar-refractivity contribution in [2.45, 2.75) is 39.2 Å². The van der Waals surface area contributed by atoms with Crippen molar-refractivity contribution >= 4 is 5.69 Å². The van der Waals surface area contributed by atoms with E-state index in [1.807, 2.05) is 0 Å². The number of piperazine rings is 1. The Labute approximate surface area is 116 Å². The van der Waals surface area contributed by atoms with Crippen LogP contribution in [0.25, 0.3) is 0 Å². The number of rotatable bonds is 3. The van der Waals surface area contributed by atoms with Gasteiger partial charge in [0.25, 0.3) is 0 Å². The van der Waals surface area contributed by atoms with Crippen LogP contribution in [-0.4, -0.2) is 25.7 Å². The third kappa shape index (κ3) is 3.08. The predicted molar refractivity (Wildman–Crippen MR) is 79.5 cm³/mol. The van der Waals surface area contributed by atoms with Gasteiger partial charge in [-0.1, -0.05) is 32.0 Å². The van der Waals surface area contributed by atoms with Gasteiger partial charge in [-0.05, 0) is 24.0 Å². The van der Waals surface area contributed by atoms with Gasteiger partial charge in [0.15, 0.2) is 0 Å². The third-order valence-corrected chi connectivity index (χ3v) is 3.80. The lowest BCUT2D eigenvalue weighted by Gasteiger charge is -2.37. The maximum Gasteiger partial charge on any atom is 0.0638 e. The molecule has 3 heteroatoms. The van der Waals surface area contributed by atoms with Crippen LogP contribution in [-0.2, 0) is 0 Å². The molecule has 1 aromatic rings. The number of para-hydroxylation sites is 1. The molecule has 1 unspecified atom stereocenters. The molecule has 102 valence electrons. The topological polar surface area (TPSA) is 39.1 Å². The number of hydrogen-bond acceptors (Lipinski definition) is 3. The molecule has 1 heterocycles. The van der Waals surface area contributed by atoms with Gasteiger partial charge < -0.3 is 10.2 Å². The first-order valence-corrected chi connectivity index (χ1v) is 7.08. The van der Waals surface area contributed by atoms with Gasteiger partial charge in [0.05, 0.1) is 12.5 Å². The molecule has 2 rings (SSSR count). The third-order valence-electron chi connectivity index (χ3n) is 3.80. The van der Waals surface area contributed by atoms with E-state index in [1.165, 1.54) is 16.8 Å². The van der Waals surface area contributed by atoms with Gasteiger partial charge in [0.2, 0.25) is 0 Å². The van der Waals surface area contributed by atoms with E-state index in [2.05, 4.69) is 55.3 Å². The van der Waals surface area contributed by atoms with Crippen LogP contribution >= 0.6 is 0 Å². The van der Waals surface area contributed by atoms with Crippen molar-refractivity contribution in [3.63, 3.8) is 0 Å². The first-order valence-electron chi connectivity index (χ1n) is 7.08. The molecule has 1 saturated heterocycles. The molecule has 0 amide bonds. The normalized spacial score (nSPS) is 19.5. The van der Waals surface area contributed by atoms with E-state index in [0.29, 0.717) is 18.4 Å². The summed E-state index contributed by atoms with van der Waals surface area (Å²) in [5, 5.41) is 12.3. The van der Waals surface area contributed by atoms with Gasteiger partial charge in [0.1, 0.15) is 0 Å². The zero-order valence-corrected chi connectivity index (χ0v) is 12.1. The maximum absolute atomic E-state index is 8.86. The molecule has 1 fully saturated rings. The smallest absolute Gasteiger partial charge is 0.0638 e. The Morgan fingerprint density at radius 3 is 2.95 bits per heavy atom. The monoisotopic (exact) mass is 257 g/mol. The van der Waals surface area contributed by atoms with E-state index >= 15 is 0 Å². The molecule has 0 bridgehead atoms. The number of nitrogens with one attached hydrogen (secondary N) is 1. The molecule has 0 saturated carbocycles. The molecule has 0 radical (unpaired) electrons. The van der Waals surface area contributed by atoms with Crippen molar-refractivity contribution < 1.29 is 0 Å².